The van der Waals surface area contributed by atoms with Crippen molar-refractivity contribution < 1.29 is 4.74 Å². The minimum absolute atomic E-state index is 0.434. The molecule has 0 aliphatic heterocycles. The molecule has 0 unspecified atom stereocenters. The van der Waals surface area contributed by atoms with Crippen LogP contribution in [0.5, 0.6) is 5.75 Å². The molecule has 1 aromatic heterocycles. The molecule has 0 bridgehead atoms. The van der Waals surface area contributed by atoms with Gasteiger partial charge in [-0.3, -0.25) is 0 Å². The van der Waals surface area contributed by atoms with Crippen molar-refractivity contribution in [2.24, 2.45) is 0 Å². The number of hydrogen-bond acceptors (Lipinski definition) is 4. The Kier molecular flexibility index (Phi) is 3.63. The molecule has 17 heavy (non-hydrogen) atoms. The molecule has 0 spiro atoms. The van der Waals surface area contributed by atoms with Crippen molar-refractivity contribution in [3.63, 3.8) is 0 Å². The number of aromatic nitrogens is 1. The predicted octanol–water partition coefficient (Wildman–Crippen LogP) is 3.11. The van der Waals surface area contributed by atoms with Gasteiger partial charge in [-0.1, -0.05) is 11.8 Å². The summed E-state index contributed by atoms with van der Waals surface area (Å²) in [6, 6.07) is 13.5. The van der Waals surface area contributed by atoms with Gasteiger partial charge in [-0.05, 0) is 36.4 Å². The Balaban J connectivity index is 2.16. The van der Waals surface area contributed by atoms with E-state index in [9.17, 15) is 0 Å². The highest BCUT2D eigenvalue weighted by atomic mass is 32.2. The van der Waals surface area contributed by atoms with Crippen LogP contribution in [0.15, 0.2) is 52.4 Å². The van der Waals surface area contributed by atoms with E-state index in [1.165, 1.54) is 0 Å². The summed E-state index contributed by atoms with van der Waals surface area (Å²) < 4.78 is 5.09. The fraction of sp³-hybridized carbons (Fsp3) is 0.0769. The number of benzene rings is 1. The third-order valence-corrected chi connectivity index (χ3v) is 3.14. The highest BCUT2D eigenvalue weighted by molar-refractivity contribution is 7.99. The smallest absolute Gasteiger partial charge is 0.141 e. The van der Waals surface area contributed by atoms with Crippen molar-refractivity contribution in [2.75, 3.05) is 7.11 Å². The molecular formula is C13H10N2OS. The van der Waals surface area contributed by atoms with Crippen LogP contribution in [-0.2, 0) is 0 Å². The van der Waals surface area contributed by atoms with Crippen LogP contribution in [0.1, 0.15) is 5.69 Å². The quantitative estimate of drug-likeness (QED) is 0.829. The van der Waals surface area contributed by atoms with Crippen molar-refractivity contribution in [1.82, 2.24) is 4.98 Å². The maximum Gasteiger partial charge on any atom is 0.141 e. The molecule has 0 amide bonds. The van der Waals surface area contributed by atoms with Gasteiger partial charge in [-0.2, -0.15) is 5.26 Å². The average Bonchev–Trinajstić information content (AvgIpc) is 2.40. The highest BCUT2D eigenvalue weighted by Crippen LogP contribution is 2.28. The Morgan fingerprint density at radius 3 is 2.59 bits per heavy atom. The van der Waals surface area contributed by atoms with Gasteiger partial charge in [-0.25, -0.2) is 4.98 Å². The summed E-state index contributed by atoms with van der Waals surface area (Å²) >= 11 is 1.59. The lowest BCUT2D eigenvalue weighted by Crippen LogP contribution is -1.83. The van der Waals surface area contributed by atoms with Gasteiger partial charge in [0, 0.05) is 16.0 Å². The molecule has 2 rings (SSSR count). The van der Waals surface area contributed by atoms with E-state index in [1.807, 2.05) is 36.4 Å². The third kappa shape index (κ3) is 2.99. The van der Waals surface area contributed by atoms with E-state index in [4.69, 9.17) is 10.00 Å². The number of nitriles is 1. The second-order valence-corrected chi connectivity index (χ2v) is 4.41. The first-order chi connectivity index (χ1) is 8.31. The van der Waals surface area contributed by atoms with E-state index in [0.717, 1.165) is 15.5 Å². The van der Waals surface area contributed by atoms with Crippen LogP contribution >= 0.6 is 11.8 Å². The molecule has 0 atom stereocenters. The maximum atomic E-state index is 8.76. The van der Waals surface area contributed by atoms with Gasteiger partial charge in [0.15, 0.2) is 0 Å². The van der Waals surface area contributed by atoms with Crippen LogP contribution in [0.4, 0.5) is 0 Å². The fourth-order valence-corrected chi connectivity index (χ4v) is 2.16. The van der Waals surface area contributed by atoms with Crippen LogP contribution in [0.3, 0.4) is 0 Å². The van der Waals surface area contributed by atoms with E-state index < -0.39 is 0 Å². The predicted molar refractivity (Wildman–Crippen MR) is 66.1 cm³/mol. The molecule has 0 N–H and O–H groups in total. The standard InChI is InChI=1S/C13H10N2OS/c1-16-11-2-4-12(5-3-11)17-13-6-7-15-10(8-13)9-14/h2-8H,1H3. The Morgan fingerprint density at radius 1 is 1.18 bits per heavy atom. The molecule has 0 radical (unpaired) electrons. The molecule has 2 aromatic rings. The topological polar surface area (TPSA) is 45.9 Å². The number of nitrogens with zero attached hydrogens (tertiary/aromatic N) is 2. The second-order valence-electron chi connectivity index (χ2n) is 3.27. The number of rotatable bonds is 3. The zero-order valence-electron chi connectivity index (χ0n) is 9.25. The molecule has 1 heterocycles. The Bertz CT molecular complexity index is 546. The second kappa shape index (κ2) is 5.37. The Labute approximate surface area is 104 Å². The molecule has 0 aliphatic carbocycles. The maximum absolute atomic E-state index is 8.76. The molecule has 0 saturated carbocycles. The number of ether oxygens (including phenoxy) is 1. The van der Waals surface area contributed by atoms with Crippen molar-refractivity contribution in [3.05, 3.63) is 48.3 Å². The van der Waals surface area contributed by atoms with Gasteiger partial charge in [-0.15, -0.1) is 0 Å². The summed E-state index contributed by atoms with van der Waals surface area (Å²) in [5, 5.41) is 8.76. The van der Waals surface area contributed by atoms with Crippen molar-refractivity contribution in [2.45, 2.75) is 9.79 Å². The summed E-state index contributed by atoms with van der Waals surface area (Å²) in [7, 11) is 1.64. The number of methoxy groups -OCH3 is 1. The van der Waals surface area contributed by atoms with Gasteiger partial charge >= 0.3 is 0 Å². The van der Waals surface area contributed by atoms with Gasteiger partial charge < -0.3 is 4.74 Å². The van der Waals surface area contributed by atoms with Crippen LogP contribution in [0, 0.1) is 11.3 Å². The minimum Gasteiger partial charge on any atom is -0.497 e. The molecule has 1 aromatic carbocycles. The van der Waals surface area contributed by atoms with E-state index in [2.05, 4.69) is 4.98 Å². The summed E-state index contributed by atoms with van der Waals surface area (Å²) in [4.78, 5) is 6.03. The zero-order chi connectivity index (χ0) is 12.1. The fourth-order valence-electron chi connectivity index (χ4n) is 1.32. The summed E-state index contributed by atoms with van der Waals surface area (Å²) in [6.07, 6.45) is 1.64. The molecule has 0 aliphatic rings. The van der Waals surface area contributed by atoms with Crippen molar-refractivity contribution in [3.8, 4) is 11.8 Å². The molecule has 0 saturated heterocycles. The Hall–Kier alpha value is -1.99. The van der Waals surface area contributed by atoms with E-state index >= 15 is 0 Å². The van der Waals surface area contributed by atoms with Crippen LogP contribution in [-0.4, -0.2) is 12.1 Å². The van der Waals surface area contributed by atoms with Crippen LogP contribution < -0.4 is 4.74 Å². The van der Waals surface area contributed by atoms with Gasteiger partial charge in [0.25, 0.3) is 0 Å². The third-order valence-electron chi connectivity index (χ3n) is 2.14. The summed E-state index contributed by atoms with van der Waals surface area (Å²) in [5.41, 5.74) is 0.434. The first-order valence-corrected chi connectivity index (χ1v) is 5.81. The SMILES string of the molecule is COc1ccc(Sc2ccnc(C#N)c2)cc1. The van der Waals surface area contributed by atoms with Gasteiger partial charge in [0.1, 0.15) is 17.5 Å². The lowest BCUT2D eigenvalue weighted by atomic mass is 10.3. The highest BCUT2D eigenvalue weighted by Gasteiger charge is 2.00. The first-order valence-electron chi connectivity index (χ1n) is 5.00. The monoisotopic (exact) mass is 242 g/mol. The summed E-state index contributed by atoms with van der Waals surface area (Å²) in [5.74, 6) is 0.835. The van der Waals surface area contributed by atoms with Gasteiger partial charge in [0.05, 0.1) is 7.11 Å². The number of hydrogen-bond donors (Lipinski definition) is 0. The van der Waals surface area contributed by atoms with Crippen molar-refractivity contribution in [1.29, 1.82) is 5.26 Å². The molecule has 3 nitrogen and oxygen atoms in total. The van der Waals surface area contributed by atoms with Crippen LogP contribution in [0.25, 0.3) is 0 Å². The van der Waals surface area contributed by atoms with Gasteiger partial charge in [0.2, 0.25) is 0 Å². The van der Waals surface area contributed by atoms with E-state index in [-0.39, 0.29) is 0 Å². The minimum atomic E-state index is 0.434. The lowest BCUT2D eigenvalue weighted by Gasteiger charge is -2.03. The Morgan fingerprint density at radius 2 is 1.94 bits per heavy atom. The molecule has 4 heteroatoms. The molecule has 0 fully saturated rings. The summed E-state index contributed by atoms with van der Waals surface area (Å²) in [6.45, 7) is 0. The van der Waals surface area contributed by atoms with Crippen LogP contribution in [0.2, 0.25) is 0 Å². The van der Waals surface area contributed by atoms with E-state index in [1.54, 1.807) is 31.1 Å². The van der Waals surface area contributed by atoms with E-state index in [0.29, 0.717) is 5.69 Å². The van der Waals surface area contributed by atoms with Crippen molar-refractivity contribution >= 4 is 11.8 Å². The average molecular weight is 242 g/mol. The largest absolute Gasteiger partial charge is 0.497 e. The first kappa shape index (κ1) is 11.5. The zero-order valence-corrected chi connectivity index (χ0v) is 10.1. The normalized spacial score (nSPS) is 9.65. The number of pyridine rings is 1. The molecular weight excluding hydrogens is 232 g/mol. The molecule has 84 valence electrons. The lowest BCUT2D eigenvalue weighted by molar-refractivity contribution is 0.414.